The summed E-state index contributed by atoms with van der Waals surface area (Å²) in [6, 6.07) is 22.5. The number of ketones is 3. The minimum absolute atomic E-state index is 0.0726. The fraction of sp³-hybridized carbons (Fsp3) is 0.265. The van der Waals surface area contributed by atoms with Crippen LogP contribution in [0.4, 0.5) is 17.1 Å². The van der Waals surface area contributed by atoms with Crippen LogP contribution in [0.25, 0.3) is 0 Å². The molecule has 0 radical (unpaired) electrons. The van der Waals surface area contributed by atoms with E-state index in [-0.39, 0.29) is 28.3 Å². The van der Waals surface area contributed by atoms with Crippen molar-refractivity contribution in [2.75, 3.05) is 29.2 Å². The van der Waals surface area contributed by atoms with E-state index in [0.717, 1.165) is 28.3 Å². The predicted octanol–water partition coefficient (Wildman–Crippen LogP) is 6.72. The summed E-state index contributed by atoms with van der Waals surface area (Å²) in [5.74, 6) is -0.483. The van der Waals surface area contributed by atoms with E-state index < -0.39 is 6.04 Å². The maximum absolute atomic E-state index is 14.0. The number of Topliss-reactive ketones (excluding diaryl/α,β-unsaturated/α-hetero) is 3. The molecule has 202 valence electrons. The number of hydrogen-bond acceptors (Lipinski definition) is 6. The van der Waals surface area contributed by atoms with Crippen molar-refractivity contribution in [1.82, 2.24) is 0 Å². The van der Waals surface area contributed by atoms with Crippen molar-refractivity contribution >= 4 is 34.4 Å². The number of nitrogens with one attached hydrogen (secondary N) is 1. The third kappa shape index (κ3) is 4.06. The van der Waals surface area contributed by atoms with Gasteiger partial charge in [-0.2, -0.15) is 0 Å². The molecule has 1 unspecified atom stereocenters. The molecular formula is C34H33N3O3. The van der Waals surface area contributed by atoms with Gasteiger partial charge in [0.1, 0.15) is 0 Å². The molecule has 0 aromatic heterocycles. The summed E-state index contributed by atoms with van der Waals surface area (Å²) >= 11 is 0. The largest absolute Gasteiger partial charge is 0.378 e. The molecule has 1 N–H and O–H groups in total. The molecule has 0 saturated heterocycles. The first-order valence-corrected chi connectivity index (χ1v) is 13.7. The number of rotatable bonds is 3. The molecule has 1 aliphatic heterocycles. The predicted molar refractivity (Wildman–Crippen MR) is 159 cm³/mol. The van der Waals surface area contributed by atoms with Crippen LogP contribution >= 0.6 is 0 Å². The zero-order valence-corrected chi connectivity index (χ0v) is 23.5. The molecule has 3 aliphatic rings. The minimum Gasteiger partial charge on any atom is -0.378 e. The fourth-order valence-corrected chi connectivity index (χ4v) is 6.33. The lowest BCUT2D eigenvalue weighted by atomic mass is 9.73. The van der Waals surface area contributed by atoms with Gasteiger partial charge >= 0.3 is 0 Å². The Morgan fingerprint density at radius 2 is 1.45 bits per heavy atom. The van der Waals surface area contributed by atoms with Crippen molar-refractivity contribution in [3.63, 3.8) is 0 Å². The fourth-order valence-electron chi connectivity index (χ4n) is 6.33. The van der Waals surface area contributed by atoms with E-state index in [9.17, 15) is 14.4 Å². The third-order valence-corrected chi connectivity index (χ3v) is 8.22. The van der Waals surface area contributed by atoms with Gasteiger partial charge in [0.25, 0.3) is 0 Å². The first-order valence-electron chi connectivity index (χ1n) is 13.7. The number of carbonyl (C=O) groups is 3. The lowest BCUT2D eigenvalue weighted by molar-refractivity contribution is -0.118. The van der Waals surface area contributed by atoms with Gasteiger partial charge in [0, 0.05) is 54.3 Å². The number of fused-ring (bicyclic) bond motifs is 2. The van der Waals surface area contributed by atoms with Crippen LogP contribution in [0.1, 0.15) is 65.9 Å². The Balaban J connectivity index is 1.64. The zero-order chi connectivity index (χ0) is 28.3. The monoisotopic (exact) mass is 531 g/mol. The van der Waals surface area contributed by atoms with E-state index in [0.29, 0.717) is 35.2 Å². The van der Waals surface area contributed by atoms with Gasteiger partial charge in [-0.1, -0.05) is 62.4 Å². The number of hydrogen-bond donors (Lipinski definition) is 1. The molecule has 3 aromatic carbocycles. The molecule has 0 bridgehead atoms. The standard InChI is InChI=1S/C34H33N3O3/c1-20(29-32(39)23-10-6-7-11-24(23)33(29)40)37-27-13-9-8-12-25(27)35-26-18-34(2,3)19-28(38)30(26)31(37)21-14-16-22(17-15-21)36(4)5/h6-17,31,35H,18-19H2,1-5H3. The molecule has 2 aliphatic carbocycles. The molecule has 40 heavy (non-hydrogen) atoms. The highest BCUT2D eigenvalue weighted by molar-refractivity contribution is 6.40. The molecule has 3 aromatic rings. The molecule has 6 rings (SSSR count). The quantitative estimate of drug-likeness (QED) is 0.299. The molecule has 1 heterocycles. The van der Waals surface area contributed by atoms with Crippen LogP contribution in [0.5, 0.6) is 0 Å². The van der Waals surface area contributed by atoms with Gasteiger partial charge in [-0.15, -0.1) is 0 Å². The second kappa shape index (κ2) is 9.33. The van der Waals surface area contributed by atoms with E-state index in [1.54, 1.807) is 24.3 Å². The average molecular weight is 532 g/mol. The third-order valence-electron chi connectivity index (χ3n) is 8.22. The summed E-state index contributed by atoms with van der Waals surface area (Å²) in [6.45, 7) is 6.07. The van der Waals surface area contributed by atoms with E-state index >= 15 is 0 Å². The van der Waals surface area contributed by atoms with Crippen molar-refractivity contribution < 1.29 is 14.4 Å². The Morgan fingerprint density at radius 3 is 2.08 bits per heavy atom. The maximum Gasteiger partial charge on any atom is 0.199 e. The first-order chi connectivity index (χ1) is 19.1. The highest BCUT2D eigenvalue weighted by Crippen LogP contribution is 2.50. The van der Waals surface area contributed by atoms with Crippen LogP contribution in [0, 0.1) is 5.41 Å². The van der Waals surface area contributed by atoms with E-state index in [4.69, 9.17) is 0 Å². The molecule has 0 amide bonds. The summed E-state index contributed by atoms with van der Waals surface area (Å²) in [4.78, 5) is 45.4. The van der Waals surface area contributed by atoms with Gasteiger partial charge in [0.05, 0.1) is 23.0 Å². The number of anilines is 3. The normalized spacial score (nSPS) is 19.5. The van der Waals surface area contributed by atoms with E-state index in [1.807, 2.05) is 79.3 Å². The Kier molecular flexibility index (Phi) is 6.02. The van der Waals surface area contributed by atoms with Gasteiger partial charge in [-0.3, -0.25) is 14.4 Å². The topological polar surface area (TPSA) is 69.7 Å². The lowest BCUT2D eigenvalue weighted by Crippen LogP contribution is -2.36. The highest BCUT2D eigenvalue weighted by Gasteiger charge is 2.44. The van der Waals surface area contributed by atoms with Gasteiger partial charge in [-0.25, -0.2) is 0 Å². The summed E-state index contributed by atoms with van der Waals surface area (Å²) in [5.41, 5.74) is 6.52. The molecule has 6 heteroatoms. The Bertz CT molecular complexity index is 1610. The van der Waals surface area contributed by atoms with Crippen LogP contribution in [0.3, 0.4) is 0 Å². The van der Waals surface area contributed by atoms with E-state index in [2.05, 4.69) is 19.2 Å². The van der Waals surface area contributed by atoms with Crippen LogP contribution in [0.15, 0.2) is 95.3 Å². The van der Waals surface area contributed by atoms with Crippen LogP contribution in [-0.2, 0) is 4.79 Å². The Hall–Kier alpha value is -4.45. The molecule has 6 nitrogen and oxygen atoms in total. The van der Waals surface area contributed by atoms with Gasteiger partial charge in [-0.05, 0) is 48.6 Å². The number of carbonyl (C=O) groups excluding carboxylic acids is 3. The molecule has 0 fully saturated rings. The van der Waals surface area contributed by atoms with Gasteiger partial charge < -0.3 is 15.1 Å². The number of allylic oxidation sites excluding steroid dienone is 3. The molecular weight excluding hydrogens is 498 g/mol. The summed E-state index contributed by atoms with van der Waals surface area (Å²) in [5, 5.41) is 3.61. The number of benzene rings is 3. The Labute approximate surface area is 235 Å². The second-order valence-electron chi connectivity index (χ2n) is 11.9. The zero-order valence-electron chi connectivity index (χ0n) is 23.5. The highest BCUT2D eigenvalue weighted by atomic mass is 16.2. The smallest absolute Gasteiger partial charge is 0.199 e. The number of nitrogens with zero attached hydrogens (tertiary/aromatic N) is 2. The summed E-state index contributed by atoms with van der Waals surface area (Å²) in [7, 11) is 3.98. The minimum atomic E-state index is -0.525. The lowest BCUT2D eigenvalue weighted by Gasteiger charge is -2.39. The van der Waals surface area contributed by atoms with Crippen LogP contribution < -0.4 is 15.1 Å². The van der Waals surface area contributed by atoms with Crippen molar-refractivity contribution in [2.24, 2.45) is 5.41 Å². The van der Waals surface area contributed by atoms with Gasteiger partial charge in [0.15, 0.2) is 17.3 Å². The SMILES string of the molecule is CC(=C1C(=O)c2ccccc2C1=O)N1c2ccccc2NC2=C(C(=O)CC(C)(C)C2)C1c1ccc(N(C)C)cc1. The van der Waals surface area contributed by atoms with Crippen LogP contribution in [0.2, 0.25) is 0 Å². The molecule has 0 spiro atoms. The van der Waals surface area contributed by atoms with Crippen molar-refractivity contribution in [3.8, 4) is 0 Å². The first kappa shape index (κ1) is 25.8. The summed E-state index contributed by atoms with van der Waals surface area (Å²) < 4.78 is 0. The average Bonchev–Trinajstić information content (AvgIpc) is 3.07. The summed E-state index contributed by atoms with van der Waals surface area (Å²) in [6.07, 6.45) is 1.13. The van der Waals surface area contributed by atoms with Gasteiger partial charge in [0.2, 0.25) is 0 Å². The number of para-hydroxylation sites is 2. The van der Waals surface area contributed by atoms with Crippen molar-refractivity contribution in [2.45, 2.75) is 39.7 Å². The maximum atomic E-state index is 14.0. The second-order valence-corrected chi connectivity index (χ2v) is 11.9. The van der Waals surface area contributed by atoms with Crippen molar-refractivity contribution in [1.29, 1.82) is 0 Å². The molecule has 1 atom stereocenters. The molecule has 0 saturated carbocycles. The van der Waals surface area contributed by atoms with E-state index in [1.165, 1.54) is 0 Å². The van der Waals surface area contributed by atoms with Crippen LogP contribution in [-0.4, -0.2) is 31.4 Å². The Morgan fingerprint density at radius 1 is 0.850 bits per heavy atom. The van der Waals surface area contributed by atoms with Crippen molar-refractivity contribution in [3.05, 3.63) is 112 Å².